The van der Waals surface area contributed by atoms with Crippen LogP contribution in [0.4, 0.5) is 0 Å². The van der Waals surface area contributed by atoms with Gasteiger partial charge in [-0.1, -0.05) is 32.9 Å². The fourth-order valence-electron chi connectivity index (χ4n) is 1.84. The number of rotatable bonds is 4. The summed E-state index contributed by atoms with van der Waals surface area (Å²) in [6.07, 6.45) is 1.06. The zero-order valence-electron chi connectivity index (χ0n) is 11.2. The average molecular weight is 248 g/mol. The van der Waals surface area contributed by atoms with Crippen molar-refractivity contribution in [2.24, 2.45) is 5.41 Å². The Kier molecular flexibility index (Phi) is 3.71. The third kappa shape index (κ3) is 4.15. The summed E-state index contributed by atoms with van der Waals surface area (Å²) in [4.78, 5) is 11.8. The van der Waals surface area contributed by atoms with E-state index in [4.69, 9.17) is 9.47 Å². The van der Waals surface area contributed by atoms with Gasteiger partial charge in [-0.2, -0.15) is 0 Å². The molecule has 1 aromatic rings. The molecule has 1 aliphatic rings. The molecule has 0 bridgehead atoms. The Labute approximate surface area is 108 Å². The van der Waals surface area contributed by atoms with Crippen molar-refractivity contribution in [1.29, 1.82) is 0 Å². The number of benzene rings is 1. The van der Waals surface area contributed by atoms with Crippen LogP contribution < -0.4 is 0 Å². The highest BCUT2D eigenvalue weighted by Crippen LogP contribution is 2.21. The van der Waals surface area contributed by atoms with Crippen molar-refractivity contribution >= 4 is 5.97 Å². The summed E-state index contributed by atoms with van der Waals surface area (Å²) in [5.41, 5.74) is 2.00. The Morgan fingerprint density at radius 3 is 2.78 bits per heavy atom. The Morgan fingerprint density at radius 1 is 1.44 bits per heavy atom. The molecule has 0 spiro atoms. The third-order valence-corrected chi connectivity index (χ3v) is 2.70. The summed E-state index contributed by atoms with van der Waals surface area (Å²) >= 11 is 0. The van der Waals surface area contributed by atoms with E-state index in [2.05, 4.69) is 20.8 Å². The Balaban J connectivity index is 1.98. The first-order chi connectivity index (χ1) is 8.44. The van der Waals surface area contributed by atoms with Crippen LogP contribution in [-0.4, -0.2) is 25.3 Å². The maximum absolute atomic E-state index is 11.8. The predicted octanol–water partition coefficient (Wildman–Crippen LogP) is 2.83. The lowest BCUT2D eigenvalue weighted by atomic mass is 9.88. The number of esters is 1. The molecule has 2 rings (SSSR count). The van der Waals surface area contributed by atoms with Gasteiger partial charge in [-0.3, -0.25) is 0 Å². The maximum atomic E-state index is 11.8. The van der Waals surface area contributed by atoms with Gasteiger partial charge in [-0.15, -0.1) is 0 Å². The lowest BCUT2D eigenvalue weighted by Crippen LogP contribution is -2.12. The van der Waals surface area contributed by atoms with Crippen molar-refractivity contribution < 1.29 is 14.3 Å². The fourth-order valence-corrected chi connectivity index (χ4v) is 1.84. The van der Waals surface area contributed by atoms with Crippen LogP contribution in [0.1, 0.15) is 36.7 Å². The number of hydrogen-bond donors (Lipinski definition) is 0. The molecule has 1 atom stereocenters. The number of hydrogen-bond acceptors (Lipinski definition) is 3. The van der Waals surface area contributed by atoms with Crippen LogP contribution >= 0.6 is 0 Å². The van der Waals surface area contributed by atoms with Gasteiger partial charge in [0.2, 0.25) is 0 Å². The van der Waals surface area contributed by atoms with Gasteiger partial charge in [0.25, 0.3) is 0 Å². The van der Waals surface area contributed by atoms with Gasteiger partial charge in [-0.05, 0) is 29.5 Å². The second kappa shape index (κ2) is 5.11. The van der Waals surface area contributed by atoms with E-state index in [0.717, 1.165) is 6.42 Å². The Hall–Kier alpha value is -1.35. The normalized spacial score (nSPS) is 18.5. The highest BCUT2D eigenvalue weighted by molar-refractivity contribution is 5.89. The monoisotopic (exact) mass is 248 g/mol. The van der Waals surface area contributed by atoms with Gasteiger partial charge >= 0.3 is 5.97 Å². The zero-order chi connectivity index (χ0) is 13.2. The summed E-state index contributed by atoms with van der Waals surface area (Å²) in [5, 5.41) is 0. The van der Waals surface area contributed by atoms with Crippen molar-refractivity contribution in [3.8, 4) is 0 Å². The van der Waals surface area contributed by atoms with Crippen molar-refractivity contribution in [1.82, 2.24) is 0 Å². The van der Waals surface area contributed by atoms with E-state index in [-0.39, 0.29) is 17.5 Å². The molecule has 0 aliphatic carbocycles. The topological polar surface area (TPSA) is 38.8 Å². The molecule has 0 radical (unpaired) electrons. The highest BCUT2D eigenvalue weighted by Gasteiger charge is 2.24. The van der Waals surface area contributed by atoms with Gasteiger partial charge in [-0.25, -0.2) is 4.79 Å². The summed E-state index contributed by atoms with van der Waals surface area (Å²) in [6, 6.07) is 7.67. The standard InChI is InChI=1S/C15H20O3/c1-15(2,3)8-11-5-4-6-12(7-11)14(16)18-10-13-9-17-13/h4-7,13H,8-10H2,1-3H3. The maximum Gasteiger partial charge on any atom is 0.338 e. The molecule has 0 saturated carbocycles. The number of carbonyl (C=O) groups excluding carboxylic acids is 1. The fraction of sp³-hybridized carbons (Fsp3) is 0.533. The summed E-state index contributed by atoms with van der Waals surface area (Å²) < 4.78 is 10.2. The molecule has 1 heterocycles. The molecule has 1 aliphatic heterocycles. The summed E-state index contributed by atoms with van der Waals surface area (Å²) in [7, 11) is 0. The van der Waals surface area contributed by atoms with Crippen LogP contribution in [0.5, 0.6) is 0 Å². The summed E-state index contributed by atoms with van der Waals surface area (Å²) in [5.74, 6) is -0.263. The molecule has 0 amide bonds. The van der Waals surface area contributed by atoms with E-state index in [1.54, 1.807) is 6.07 Å². The molecule has 0 aromatic heterocycles. The Bertz CT molecular complexity index is 428. The van der Waals surface area contributed by atoms with Gasteiger partial charge < -0.3 is 9.47 Å². The van der Waals surface area contributed by atoms with Crippen LogP contribution in [0.25, 0.3) is 0 Å². The smallest absolute Gasteiger partial charge is 0.338 e. The molecule has 98 valence electrons. The molecular formula is C15H20O3. The minimum absolute atomic E-state index is 0.117. The van der Waals surface area contributed by atoms with Crippen molar-refractivity contribution in [3.63, 3.8) is 0 Å². The quantitative estimate of drug-likeness (QED) is 0.607. The average Bonchev–Trinajstić information content (AvgIpc) is 3.07. The van der Waals surface area contributed by atoms with Crippen LogP contribution in [-0.2, 0) is 15.9 Å². The van der Waals surface area contributed by atoms with Crippen LogP contribution in [0, 0.1) is 5.41 Å². The molecule has 18 heavy (non-hydrogen) atoms. The molecule has 1 unspecified atom stereocenters. The molecule has 3 heteroatoms. The van der Waals surface area contributed by atoms with Crippen molar-refractivity contribution in [2.45, 2.75) is 33.3 Å². The molecule has 0 N–H and O–H groups in total. The Morgan fingerprint density at radius 2 is 2.17 bits per heavy atom. The second-order valence-electron chi connectivity index (χ2n) is 5.99. The molecule has 1 saturated heterocycles. The highest BCUT2D eigenvalue weighted by atomic mass is 16.6. The second-order valence-corrected chi connectivity index (χ2v) is 5.99. The van der Waals surface area contributed by atoms with E-state index in [9.17, 15) is 4.79 Å². The van der Waals surface area contributed by atoms with Crippen molar-refractivity contribution in [3.05, 3.63) is 35.4 Å². The van der Waals surface area contributed by atoms with E-state index in [1.807, 2.05) is 18.2 Å². The minimum atomic E-state index is -0.263. The molecule has 3 nitrogen and oxygen atoms in total. The largest absolute Gasteiger partial charge is 0.459 e. The number of ether oxygens (including phenoxy) is 2. The first kappa shape index (κ1) is 13.1. The zero-order valence-corrected chi connectivity index (χ0v) is 11.2. The number of epoxide rings is 1. The molecular weight excluding hydrogens is 228 g/mol. The first-order valence-corrected chi connectivity index (χ1v) is 6.32. The summed E-state index contributed by atoms with van der Waals surface area (Å²) in [6.45, 7) is 7.62. The lowest BCUT2D eigenvalue weighted by molar-refractivity contribution is 0.0476. The van der Waals surface area contributed by atoms with Gasteiger partial charge in [0.1, 0.15) is 12.7 Å². The lowest BCUT2D eigenvalue weighted by Gasteiger charge is -2.18. The van der Waals surface area contributed by atoms with Crippen LogP contribution in [0.2, 0.25) is 0 Å². The third-order valence-electron chi connectivity index (χ3n) is 2.70. The predicted molar refractivity (Wildman–Crippen MR) is 69.6 cm³/mol. The van der Waals surface area contributed by atoms with Gasteiger partial charge in [0, 0.05) is 0 Å². The molecule has 1 fully saturated rings. The van der Waals surface area contributed by atoms with Crippen molar-refractivity contribution in [2.75, 3.05) is 13.2 Å². The van der Waals surface area contributed by atoms with E-state index >= 15 is 0 Å². The SMILES string of the molecule is CC(C)(C)Cc1cccc(C(=O)OCC2CO2)c1. The van der Waals surface area contributed by atoms with Gasteiger partial charge in [0.15, 0.2) is 0 Å². The van der Waals surface area contributed by atoms with Crippen LogP contribution in [0.3, 0.4) is 0 Å². The van der Waals surface area contributed by atoms with E-state index < -0.39 is 0 Å². The first-order valence-electron chi connectivity index (χ1n) is 6.32. The number of carbonyl (C=O) groups is 1. The van der Waals surface area contributed by atoms with E-state index in [1.165, 1.54) is 5.56 Å². The van der Waals surface area contributed by atoms with Crippen LogP contribution in [0.15, 0.2) is 24.3 Å². The minimum Gasteiger partial charge on any atom is -0.459 e. The van der Waals surface area contributed by atoms with E-state index in [0.29, 0.717) is 18.8 Å². The molecule has 1 aromatic carbocycles. The van der Waals surface area contributed by atoms with Gasteiger partial charge in [0.05, 0.1) is 12.2 Å².